The number of hydrogen-bond donors (Lipinski definition) is 0. The molecule has 0 spiro atoms. The van der Waals surface area contributed by atoms with Crippen LogP contribution in [0.4, 0.5) is 4.39 Å². The van der Waals surface area contributed by atoms with Crippen molar-refractivity contribution in [3.8, 4) is 10.4 Å². The molecule has 0 aliphatic carbocycles. The summed E-state index contributed by atoms with van der Waals surface area (Å²) in [6, 6.07) is 20.1. The summed E-state index contributed by atoms with van der Waals surface area (Å²) in [5.41, 5.74) is 3.67. The maximum absolute atomic E-state index is 12.9. The Bertz CT molecular complexity index is 716. The van der Waals surface area contributed by atoms with Crippen LogP contribution in [0.25, 0.3) is 10.4 Å². The van der Waals surface area contributed by atoms with Gasteiger partial charge in [0.05, 0.1) is 0 Å². The third kappa shape index (κ3) is 3.87. The number of benzene rings is 2. The molecular formula is C18H14FSZn-. The van der Waals surface area contributed by atoms with E-state index in [1.54, 1.807) is 11.3 Å². The van der Waals surface area contributed by atoms with Gasteiger partial charge >= 0.3 is 0 Å². The van der Waals surface area contributed by atoms with E-state index in [2.05, 4.69) is 31.2 Å². The molecular weight excluding hydrogens is 333 g/mol. The van der Waals surface area contributed by atoms with Crippen LogP contribution in [0.15, 0.2) is 54.6 Å². The largest absolute Gasteiger partial charge is 0.207 e. The standard InChI is InChI=1S/C18H14FS.Zn/c1-13-4-2-3-5-15(13)12-17-10-11-18(20-17)14-6-8-16(19)9-7-14;/h2,4-11H,12H2,1H3;/q-1;. The first-order valence-electron chi connectivity index (χ1n) is 6.52. The molecule has 0 radical (unpaired) electrons. The van der Waals surface area contributed by atoms with Crippen molar-refractivity contribution in [2.24, 2.45) is 0 Å². The van der Waals surface area contributed by atoms with Gasteiger partial charge in [0.1, 0.15) is 5.82 Å². The Morgan fingerprint density at radius 3 is 2.52 bits per heavy atom. The molecule has 0 N–H and O–H groups in total. The molecule has 21 heavy (non-hydrogen) atoms. The van der Waals surface area contributed by atoms with E-state index in [1.807, 2.05) is 24.3 Å². The number of halogens is 1. The molecule has 0 nitrogen and oxygen atoms in total. The fraction of sp³-hybridized carbons (Fsp3) is 0.111. The topological polar surface area (TPSA) is 0 Å². The molecule has 0 saturated heterocycles. The minimum atomic E-state index is -0.194. The van der Waals surface area contributed by atoms with Gasteiger partial charge in [0, 0.05) is 24.4 Å². The average molecular weight is 347 g/mol. The van der Waals surface area contributed by atoms with Crippen molar-refractivity contribution >= 4 is 11.3 Å². The van der Waals surface area contributed by atoms with Gasteiger partial charge in [-0.15, -0.1) is 16.9 Å². The SMILES string of the molecule is Cc1cc[c-]cc1Cc1ccc(-c2ccc(F)cc2)s1.[Zn]. The predicted molar refractivity (Wildman–Crippen MR) is 82.5 cm³/mol. The molecule has 1 heterocycles. The smallest absolute Gasteiger partial charge is 0.123 e. The van der Waals surface area contributed by atoms with Crippen molar-refractivity contribution < 1.29 is 23.9 Å². The summed E-state index contributed by atoms with van der Waals surface area (Å²) in [5.74, 6) is -0.194. The van der Waals surface area contributed by atoms with Crippen LogP contribution in [0.3, 0.4) is 0 Å². The van der Waals surface area contributed by atoms with Crippen molar-refractivity contribution in [2.45, 2.75) is 13.3 Å². The van der Waals surface area contributed by atoms with E-state index in [0.29, 0.717) is 0 Å². The molecule has 102 valence electrons. The molecule has 0 fully saturated rings. The van der Waals surface area contributed by atoms with Gasteiger partial charge in [0.2, 0.25) is 0 Å². The molecule has 0 bridgehead atoms. The van der Waals surface area contributed by atoms with Gasteiger partial charge in [-0.3, -0.25) is 0 Å². The van der Waals surface area contributed by atoms with Crippen molar-refractivity contribution in [1.82, 2.24) is 0 Å². The van der Waals surface area contributed by atoms with Crippen LogP contribution in [0.5, 0.6) is 0 Å². The zero-order valence-corrected chi connectivity index (χ0v) is 15.7. The van der Waals surface area contributed by atoms with Gasteiger partial charge in [-0.2, -0.15) is 29.8 Å². The maximum atomic E-state index is 12.9. The molecule has 0 unspecified atom stereocenters. The van der Waals surface area contributed by atoms with Crippen LogP contribution in [0, 0.1) is 18.8 Å². The Morgan fingerprint density at radius 2 is 1.81 bits per heavy atom. The van der Waals surface area contributed by atoms with Crippen LogP contribution in [-0.2, 0) is 25.9 Å². The fourth-order valence-corrected chi connectivity index (χ4v) is 3.20. The van der Waals surface area contributed by atoms with Gasteiger partial charge < -0.3 is 0 Å². The average Bonchev–Trinajstić information content (AvgIpc) is 2.91. The monoisotopic (exact) mass is 345 g/mol. The molecule has 0 atom stereocenters. The van der Waals surface area contributed by atoms with E-state index >= 15 is 0 Å². The first kappa shape index (κ1) is 16.1. The number of aryl methyl sites for hydroxylation is 1. The molecule has 1 aromatic heterocycles. The molecule has 3 heteroatoms. The summed E-state index contributed by atoms with van der Waals surface area (Å²) in [7, 11) is 0. The first-order valence-corrected chi connectivity index (χ1v) is 7.34. The molecule has 3 aromatic rings. The Morgan fingerprint density at radius 1 is 1.05 bits per heavy atom. The Kier molecular flexibility index (Phi) is 5.44. The predicted octanol–water partition coefficient (Wildman–Crippen LogP) is 5.25. The fourth-order valence-electron chi connectivity index (χ4n) is 2.16. The summed E-state index contributed by atoms with van der Waals surface area (Å²) in [6.45, 7) is 2.12. The van der Waals surface area contributed by atoms with E-state index < -0.39 is 0 Å². The van der Waals surface area contributed by atoms with Gasteiger partial charge in [-0.1, -0.05) is 19.1 Å². The van der Waals surface area contributed by atoms with E-state index in [0.717, 1.165) is 12.0 Å². The maximum Gasteiger partial charge on any atom is 0.123 e. The summed E-state index contributed by atoms with van der Waals surface area (Å²) in [4.78, 5) is 2.49. The minimum absolute atomic E-state index is 0. The van der Waals surface area contributed by atoms with Gasteiger partial charge in [-0.25, -0.2) is 4.39 Å². The van der Waals surface area contributed by atoms with Crippen LogP contribution in [-0.4, -0.2) is 0 Å². The Labute approximate surface area is 141 Å². The first-order chi connectivity index (χ1) is 9.72. The van der Waals surface area contributed by atoms with Crippen molar-refractivity contribution in [2.75, 3.05) is 0 Å². The van der Waals surface area contributed by atoms with Crippen LogP contribution in [0.2, 0.25) is 0 Å². The third-order valence-corrected chi connectivity index (χ3v) is 4.48. The van der Waals surface area contributed by atoms with Crippen LogP contribution >= 0.6 is 11.3 Å². The third-order valence-electron chi connectivity index (χ3n) is 3.35. The second kappa shape index (κ2) is 7.11. The molecule has 0 amide bonds. The summed E-state index contributed by atoms with van der Waals surface area (Å²) in [6.07, 6.45) is 0.926. The number of thiophene rings is 1. The summed E-state index contributed by atoms with van der Waals surface area (Å²) >= 11 is 1.76. The molecule has 0 aliphatic rings. The van der Waals surface area contributed by atoms with Crippen molar-refractivity contribution in [3.63, 3.8) is 0 Å². The molecule has 2 aromatic carbocycles. The second-order valence-electron chi connectivity index (χ2n) is 4.80. The van der Waals surface area contributed by atoms with Crippen LogP contribution in [0.1, 0.15) is 16.0 Å². The summed E-state index contributed by atoms with van der Waals surface area (Å²) < 4.78 is 12.9. The Hall–Kier alpha value is -1.31. The number of hydrogen-bond acceptors (Lipinski definition) is 1. The number of rotatable bonds is 3. The molecule has 0 saturated carbocycles. The zero-order chi connectivity index (χ0) is 13.9. The van der Waals surface area contributed by atoms with E-state index in [4.69, 9.17) is 0 Å². The van der Waals surface area contributed by atoms with Crippen molar-refractivity contribution in [1.29, 1.82) is 0 Å². The van der Waals surface area contributed by atoms with E-state index in [1.165, 1.54) is 33.0 Å². The quantitative estimate of drug-likeness (QED) is 0.449. The van der Waals surface area contributed by atoms with E-state index in [-0.39, 0.29) is 25.3 Å². The molecule has 3 rings (SSSR count). The van der Waals surface area contributed by atoms with Crippen molar-refractivity contribution in [3.05, 3.63) is 82.5 Å². The van der Waals surface area contributed by atoms with Crippen LogP contribution < -0.4 is 0 Å². The molecule has 0 aliphatic heterocycles. The Balaban J connectivity index is 0.00000161. The van der Waals surface area contributed by atoms with Gasteiger partial charge in [-0.05, 0) is 41.1 Å². The minimum Gasteiger partial charge on any atom is -0.207 e. The normalized spacial score (nSPS) is 10.2. The van der Waals surface area contributed by atoms with Gasteiger partial charge in [0.25, 0.3) is 0 Å². The second-order valence-corrected chi connectivity index (χ2v) is 5.97. The zero-order valence-electron chi connectivity index (χ0n) is 11.9. The van der Waals surface area contributed by atoms with E-state index in [9.17, 15) is 4.39 Å². The van der Waals surface area contributed by atoms with Gasteiger partial charge in [0.15, 0.2) is 0 Å². The summed E-state index contributed by atoms with van der Waals surface area (Å²) in [5, 5.41) is 0.